The topological polar surface area (TPSA) is 110 Å². The smallest absolute Gasteiger partial charge is 0.255 e. The molecular weight excluding hydrogens is 434 g/mol. The third-order valence-corrected chi connectivity index (χ3v) is 6.30. The van der Waals surface area contributed by atoms with Crippen molar-refractivity contribution in [2.45, 2.75) is 25.4 Å². The Bertz CT molecular complexity index is 1420. The Hall–Kier alpha value is -4.53. The molecule has 1 N–H and O–H groups in total. The van der Waals surface area contributed by atoms with Gasteiger partial charge >= 0.3 is 0 Å². The second-order valence-corrected chi connectivity index (χ2v) is 8.38. The molecule has 3 amide bonds. The molecule has 34 heavy (non-hydrogen) atoms. The number of piperidine rings is 1. The quantitative estimate of drug-likeness (QED) is 0.476. The van der Waals surface area contributed by atoms with Gasteiger partial charge in [-0.05, 0) is 41.8 Å². The van der Waals surface area contributed by atoms with Crippen molar-refractivity contribution in [2.75, 3.05) is 0 Å². The predicted molar refractivity (Wildman–Crippen MR) is 121 cm³/mol. The largest absolute Gasteiger partial charge is 0.472 e. The number of carbonyl (C=O) groups excluding carboxylic acids is 3. The Morgan fingerprint density at radius 1 is 0.971 bits per heavy atom. The summed E-state index contributed by atoms with van der Waals surface area (Å²) < 4.78 is 6.81. The van der Waals surface area contributed by atoms with E-state index in [2.05, 4.69) is 15.6 Å². The van der Waals surface area contributed by atoms with Crippen molar-refractivity contribution in [1.29, 1.82) is 0 Å². The van der Waals surface area contributed by atoms with Gasteiger partial charge in [0.25, 0.3) is 5.91 Å². The SMILES string of the molecule is O=C1CCC(N2Cc3cc(-n4cc(-c5ccc(-c6ccoc6)cc5)nn4)ccc3C2=O)C(=O)N1. The van der Waals surface area contributed by atoms with Crippen LogP contribution in [-0.2, 0) is 16.1 Å². The van der Waals surface area contributed by atoms with Crippen molar-refractivity contribution in [3.63, 3.8) is 0 Å². The lowest BCUT2D eigenvalue weighted by Crippen LogP contribution is -2.52. The van der Waals surface area contributed by atoms with Crippen LogP contribution < -0.4 is 5.32 Å². The molecular formula is C25H19N5O4. The van der Waals surface area contributed by atoms with E-state index in [1.54, 1.807) is 23.3 Å². The number of aromatic nitrogens is 3. The first-order valence-corrected chi connectivity index (χ1v) is 10.9. The van der Waals surface area contributed by atoms with Crippen molar-refractivity contribution in [2.24, 2.45) is 0 Å². The maximum Gasteiger partial charge on any atom is 0.255 e. The highest BCUT2D eigenvalue weighted by Crippen LogP contribution is 2.30. The first kappa shape index (κ1) is 20.1. The average Bonchev–Trinajstić information content (AvgIpc) is 3.60. The van der Waals surface area contributed by atoms with Gasteiger partial charge in [-0.25, -0.2) is 4.68 Å². The molecule has 2 aliphatic heterocycles. The van der Waals surface area contributed by atoms with Crippen LogP contribution in [0.4, 0.5) is 0 Å². The third kappa shape index (κ3) is 3.38. The normalized spacial score (nSPS) is 17.7. The van der Waals surface area contributed by atoms with E-state index in [0.717, 1.165) is 33.6 Å². The lowest BCUT2D eigenvalue weighted by molar-refractivity contribution is -0.136. The van der Waals surface area contributed by atoms with Gasteiger partial charge in [-0.2, -0.15) is 0 Å². The van der Waals surface area contributed by atoms with E-state index in [9.17, 15) is 14.4 Å². The molecule has 0 bridgehead atoms. The van der Waals surface area contributed by atoms with Gasteiger partial charge < -0.3 is 9.32 Å². The molecule has 0 spiro atoms. The number of hydrogen-bond donors (Lipinski definition) is 1. The van der Waals surface area contributed by atoms with Crippen LogP contribution in [0.5, 0.6) is 0 Å². The minimum atomic E-state index is -0.635. The predicted octanol–water partition coefficient (Wildman–Crippen LogP) is 2.96. The molecule has 2 aromatic heterocycles. The number of rotatable bonds is 4. The highest BCUT2D eigenvalue weighted by atomic mass is 16.3. The fourth-order valence-corrected chi connectivity index (χ4v) is 4.49. The Balaban J connectivity index is 1.23. The van der Waals surface area contributed by atoms with Crippen LogP contribution in [0.15, 0.2) is 71.7 Å². The lowest BCUT2D eigenvalue weighted by atomic mass is 10.0. The summed E-state index contributed by atoms with van der Waals surface area (Å²) in [6.07, 6.45) is 5.74. The number of imide groups is 1. The first-order chi connectivity index (χ1) is 16.6. The van der Waals surface area contributed by atoms with Crippen molar-refractivity contribution < 1.29 is 18.8 Å². The van der Waals surface area contributed by atoms with Crippen molar-refractivity contribution >= 4 is 17.7 Å². The molecule has 0 saturated carbocycles. The number of fused-ring (bicyclic) bond motifs is 1. The van der Waals surface area contributed by atoms with E-state index in [1.165, 1.54) is 4.90 Å². The molecule has 4 heterocycles. The fourth-order valence-electron chi connectivity index (χ4n) is 4.49. The van der Waals surface area contributed by atoms with Crippen LogP contribution in [0.2, 0.25) is 0 Å². The van der Waals surface area contributed by atoms with Gasteiger partial charge in [0.2, 0.25) is 11.8 Å². The second-order valence-electron chi connectivity index (χ2n) is 8.38. The van der Waals surface area contributed by atoms with Gasteiger partial charge in [0.05, 0.1) is 24.4 Å². The number of carbonyl (C=O) groups is 3. The zero-order valence-corrected chi connectivity index (χ0v) is 18.0. The molecule has 9 nitrogen and oxygen atoms in total. The summed E-state index contributed by atoms with van der Waals surface area (Å²) in [6, 6.07) is 14.7. The summed E-state index contributed by atoms with van der Waals surface area (Å²) in [7, 11) is 0. The van der Waals surface area contributed by atoms with E-state index >= 15 is 0 Å². The minimum Gasteiger partial charge on any atom is -0.472 e. The van der Waals surface area contributed by atoms with Crippen LogP contribution in [-0.4, -0.2) is 43.7 Å². The van der Waals surface area contributed by atoms with Crippen LogP contribution in [0.1, 0.15) is 28.8 Å². The average molecular weight is 453 g/mol. The highest BCUT2D eigenvalue weighted by molar-refractivity contribution is 6.05. The van der Waals surface area contributed by atoms with E-state index in [4.69, 9.17) is 4.42 Å². The number of hydrogen-bond acceptors (Lipinski definition) is 6. The van der Waals surface area contributed by atoms with Gasteiger partial charge in [0.1, 0.15) is 11.7 Å². The van der Waals surface area contributed by atoms with E-state index in [0.29, 0.717) is 18.5 Å². The molecule has 168 valence electrons. The molecule has 4 aromatic rings. The highest BCUT2D eigenvalue weighted by Gasteiger charge is 2.39. The standard InChI is InChI=1S/C25H19N5O4/c31-23-8-7-22(24(32)26-23)29-12-18-11-19(5-6-20(18)25(29)33)30-13-21(27-28-30)16-3-1-15(2-4-16)17-9-10-34-14-17/h1-6,9-11,13-14,22H,7-8,12H2,(H,26,31,32). The maximum atomic E-state index is 12.9. The maximum absolute atomic E-state index is 12.9. The molecule has 0 radical (unpaired) electrons. The van der Waals surface area contributed by atoms with E-state index < -0.39 is 11.9 Å². The Morgan fingerprint density at radius 3 is 2.56 bits per heavy atom. The summed E-state index contributed by atoms with van der Waals surface area (Å²) in [5, 5.41) is 10.9. The molecule has 1 saturated heterocycles. The number of nitrogens with one attached hydrogen (secondary N) is 1. The zero-order chi connectivity index (χ0) is 23.2. The Morgan fingerprint density at radius 2 is 1.79 bits per heavy atom. The van der Waals surface area contributed by atoms with Gasteiger partial charge in [0.15, 0.2) is 0 Å². The number of amides is 3. The van der Waals surface area contributed by atoms with Crippen LogP contribution in [0.25, 0.3) is 28.1 Å². The number of furan rings is 1. The summed E-state index contributed by atoms with van der Waals surface area (Å²) in [4.78, 5) is 38.1. The lowest BCUT2D eigenvalue weighted by Gasteiger charge is -2.29. The summed E-state index contributed by atoms with van der Waals surface area (Å²) >= 11 is 0. The summed E-state index contributed by atoms with van der Waals surface area (Å²) in [5.41, 5.74) is 5.85. The third-order valence-electron chi connectivity index (χ3n) is 6.30. The first-order valence-electron chi connectivity index (χ1n) is 10.9. The monoisotopic (exact) mass is 453 g/mol. The van der Waals surface area contributed by atoms with Crippen LogP contribution >= 0.6 is 0 Å². The van der Waals surface area contributed by atoms with Gasteiger partial charge in [-0.1, -0.05) is 29.5 Å². The van der Waals surface area contributed by atoms with E-state index in [-0.39, 0.29) is 18.2 Å². The molecule has 1 fully saturated rings. The second kappa shape index (κ2) is 7.80. The van der Waals surface area contributed by atoms with Gasteiger partial charge in [-0.3, -0.25) is 19.7 Å². The Labute approximate surface area is 194 Å². The molecule has 0 aliphatic carbocycles. The van der Waals surface area contributed by atoms with E-state index in [1.807, 2.05) is 48.7 Å². The van der Waals surface area contributed by atoms with Crippen molar-refractivity contribution in [1.82, 2.24) is 25.2 Å². The van der Waals surface area contributed by atoms with Crippen LogP contribution in [0.3, 0.4) is 0 Å². The van der Waals surface area contributed by atoms with Gasteiger partial charge in [-0.15, -0.1) is 5.10 Å². The summed E-state index contributed by atoms with van der Waals surface area (Å²) in [5.74, 6) is -0.920. The van der Waals surface area contributed by atoms with Crippen molar-refractivity contribution in [3.8, 4) is 28.1 Å². The molecule has 2 aliphatic rings. The molecule has 2 aromatic carbocycles. The molecule has 1 atom stereocenters. The number of benzene rings is 2. The zero-order valence-electron chi connectivity index (χ0n) is 18.0. The molecule has 6 rings (SSSR count). The van der Waals surface area contributed by atoms with Crippen LogP contribution in [0, 0.1) is 0 Å². The number of nitrogens with zero attached hydrogens (tertiary/aromatic N) is 4. The molecule has 9 heteroatoms. The van der Waals surface area contributed by atoms with Crippen molar-refractivity contribution in [3.05, 3.63) is 78.4 Å². The fraction of sp³-hybridized carbons (Fsp3) is 0.160. The Kier molecular flexibility index (Phi) is 4.61. The minimum absolute atomic E-state index is 0.201. The summed E-state index contributed by atoms with van der Waals surface area (Å²) in [6.45, 7) is 0.311. The van der Waals surface area contributed by atoms with Gasteiger partial charge in [0, 0.05) is 29.7 Å². The molecule has 1 unspecified atom stereocenters.